The van der Waals surface area contributed by atoms with Crippen LogP contribution >= 0.6 is 0 Å². The predicted octanol–water partition coefficient (Wildman–Crippen LogP) is 3.02. The fourth-order valence-electron chi connectivity index (χ4n) is 1.56. The summed E-state index contributed by atoms with van der Waals surface area (Å²) in [6.07, 6.45) is 0. The Labute approximate surface area is 98.6 Å². The summed E-state index contributed by atoms with van der Waals surface area (Å²) in [4.78, 5) is 0. The Hall–Kier alpha value is -1.18. The third-order valence-corrected chi connectivity index (χ3v) is 2.79. The largest absolute Gasteiger partial charge is 0.502 e. The summed E-state index contributed by atoms with van der Waals surface area (Å²) in [5.41, 5.74) is 12.5. The average molecular weight is 218 g/mol. The molecular weight excluding hydrogens is 196 g/mol. The summed E-state index contributed by atoms with van der Waals surface area (Å²) >= 11 is 0. The van der Waals surface area contributed by atoms with Gasteiger partial charge in [-0.25, -0.2) is 0 Å². The predicted molar refractivity (Wildman–Crippen MR) is 67.8 cm³/mol. The number of benzene rings is 1. The zero-order valence-corrected chi connectivity index (χ0v) is 11.2. The van der Waals surface area contributed by atoms with Gasteiger partial charge in [0.25, 0.3) is 0 Å². The molecule has 0 spiro atoms. The van der Waals surface area contributed by atoms with Crippen molar-refractivity contribution in [3.8, 4) is 0 Å². The van der Waals surface area contributed by atoms with Gasteiger partial charge in [-0.05, 0) is 22.0 Å². The zero-order valence-electron chi connectivity index (χ0n) is 11.2. The number of rotatable bonds is 1. The van der Waals surface area contributed by atoms with Gasteiger partial charge in [0.1, 0.15) is 0 Å². The molecule has 16 heavy (non-hydrogen) atoms. The van der Waals surface area contributed by atoms with E-state index < -0.39 is 0 Å². The van der Waals surface area contributed by atoms with Gasteiger partial charge in [-0.1, -0.05) is 47.6 Å². The van der Waals surface area contributed by atoms with E-state index in [1.165, 1.54) is 11.1 Å². The third-order valence-electron chi connectivity index (χ3n) is 2.79. The first-order valence-corrected chi connectivity index (χ1v) is 5.71. The highest BCUT2D eigenvalue weighted by atomic mass is 15.0. The van der Waals surface area contributed by atoms with Crippen LogP contribution in [0.25, 0.3) is 5.53 Å². The van der Waals surface area contributed by atoms with Crippen LogP contribution in [0.4, 0.5) is 5.69 Å². The Morgan fingerprint density at radius 2 is 1.19 bits per heavy atom. The van der Waals surface area contributed by atoms with E-state index >= 15 is 0 Å². The number of hydrogen-bond acceptors (Lipinski definition) is 0. The molecule has 0 aromatic heterocycles. The molecule has 0 aliphatic heterocycles. The molecule has 0 fully saturated rings. The van der Waals surface area contributed by atoms with E-state index in [0.717, 1.165) is 5.69 Å². The van der Waals surface area contributed by atoms with Crippen LogP contribution in [0.3, 0.4) is 0 Å². The van der Waals surface area contributed by atoms with Crippen molar-refractivity contribution in [3.63, 3.8) is 0 Å². The van der Waals surface area contributed by atoms with Gasteiger partial charge in [0.2, 0.25) is 0 Å². The maximum atomic E-state index is 9.07. The van der Waals surface area contributed by atoms with Crippen LogP contribution in [-0.4, -0.2) is 0 Å². The van der Waals surface area contributed by atoms with Gasteiger partial charge in [0.05, 0.1) is 0 Å². The second kappa shape index (κ2) is 4.00. The number of hydrogen-bond donors (Lipinski definition) is 1. The first-order valence-electron chi connectivity index (χ1n) is 5.71. The van der Waals surface area contributed by atoms with Crippen molar-refractivity contribution in [3.05, 3.63) is 34.9 Å². The monoisotopic (exact) mass is 218 g/mol. The molecule has 0 bridgehead atoms. The Balaban J connectivity index is 3.39. The molecule has 1 aromatic rings. The molecule has 1 aromatic carbocycles. The van der Waals surface area contributed by atoms with Crippen molar-refractivity contribution < 1.29 is 5.11 Å². The van der Waals surface area contributed by atoms with E-state index in [9.17, 15) is 0 Å². The lowest BCUT2D eigenvalue weighted by molar-refractivity contribution is -0.379. The van der Waals surface area contributed by atoms with Gasteiger partial charge >= 0.3 is 0 Å². The first-order chi connectivity index (χ1) is 7.14. The topological polar surface area (TPSA) is 36.3 Å². The summed E-state index contributed by atoms with van der Waals surface area (Å²) in [7, 11) is 0. The molecule has 88 valence electrons. The molecule has 0 amide bonds. The van der Waals surface area contributed by atoms with Crippen LogP contribution in [0, 0.1) is 0 Å². The van der Waals surface area contributed by atoms with Gasteiger partial charge in [0.15, 0.2) is 5.69 Å². The van der Waals surface area contributed by atoms with Crippen molar-refractivity contribution >= 4 is 5.69 Å². The van der Waals surface area contributed by atoms with Crippen LogP contribution in [0.2, 0.25) is 0 Å². The maximum absolute atomic E-state index is 9.07. The number of nitrogens with zero attached hydrogens (tertiary/aromatic N) is 1. The van der Waals surface area contributed by atoms with Crippen LogP contribution in [0.5, 0.6) is 0 Å². The lowest BCUT2D eigenvalue weighted by atomic mass is 9.80. The highest BCUT2D eigenvalue weighted by molar-refractivity contribution is 5.43. The smallest absolute Gasteiger partial charge is 0.193 e. The van der Waals surface area contributed by atoms with Crippen molar-refractivity contribution in [1.29, 1.82) is 0 Å². The first kappa shape index (κ1) is 12.9. The van der Waals surface area contributed by atoms with Gasteiger partial charge < -0.3 is 5.53 Å². The maximum Gasteiger partial charge on any atom is 0.193 e. The molecule has 0 unspecified atom stereocenters. The minimum atomic E-state index is 0.0901. The SMILES string of the molecule is CC(C)(C)c1cc([NH+]=[N-])cc(C(C)(C)C)c1. The quantitative estimate of drug-likeness (QED) is 0.703. The second-order valence-electron chi connectivity index (χ2n) is 6.41. The van der Waals surface area contributed by atoms with Gasteiger partial charge in [-0.15, -0.1) is 0 Å². The summed E-state index contributed by atoms with van der Waals surface area (Å²) in [5, 5.41) is 2.25. The molecule has 0 saturated carbocycles. The van der Waals surface area contributed by atoms with Crippen molar-refractivity contribution in [2.45, 2.75) is 52.4 Å². The van der Waals surface area contributed by atoms with Gasteiger partial charge in [0, 0.05) is 12.1 Å². The number of nitrogens with one attached hydrogen (secondary N) is 1. The lowest BCUT2D eigenvalue weighted by Gasteiger charge is -2.24. The van der Waals surface area contributed by atoms with Crippen molar-refractivity contribution in [2.75, 3.05) is 0 Å². The minimum Gasteiger partial charge on any atom is -0.502 e. The van der Waals surface area contributed by atoms with Crippen molar-refractivity contribution in [2.24, 2.45) is 0 Å². The van der Waals surface area contributed by atoms with Crippen LogP contribution < -0.4 is 5.11 Å². The molecule has 0 aliphatic carbocycles. The molecule has 0 aliphatic rings. The van der Waals surface area contributed by atoms with Gasteiger partial charge in [-0.3, -0.25) is 5.11 Å². The van der Waals surface area contributed by atoms with Crippen LogP contribution in [0.15, 0.2) is 18.2 Å². The Bertz CT molecular complexity index is 360. The normalized spacial score (nSPS) is 12.6. The van der Waals surface area contributed by atoms with Crippen LogP contribution in [0.1, 0.15) is 52.7 Å². The van der Waals surface area contributed by atoms with E-state index in [1.807, 2.05) is 12.1 Å². The van der Waals surface area contributed by atoms with Crippen molar-refractivity contribution in [1.82, 2.24) is 0 Å². The summed E-state index contributed by atoms with van der Waals surface area (Å²) in [6, 6.07) is 6.21. The molecule has 2 heteroatoms. The molecule has 1 N–H and O–H groups in total. The Morgan fingerprint density at radius 1 is 0.812 bits per heavy atom. The highest BCUT2D eigenvalue weighted by Crippen LogP contribution is 2.30. The zero-order chi connectivity index (χ0) is 12.6. The fraction of sp³-hybridized carbons (Fsp3) is 0.571. The van der Waals surface area contributed by atoms with Gasteiger partial charge in [-0.2, -0.15) is 0 Å². The van der Waals surface area contributed by atoms with E-state index in [2.05, 4.69) is 52.7 Å². The standard InChI is InChI=1S/C14H22N2/c1-13(2,3)10-7-11(14(4,5)6)9-12(8-10)16-15/h7-9,16H,1-6H3. The van der Waals surface area contributed by atoms with E-state index in [-0.39, 0.29) is 10.8 Å². The average Bonchev–Trinajstić information content (AvgIpc) is 2.14. The molecular formula is C14H22N2. The summed E-state index contributed by atoms with van der Waals surface area (Å²) < 4.78 is 0. The fourth-order valence-corrected chi connectivity index (χ4v) is 1.56. The molecule has 1 rings (SSSR count). The molecule has 2 nitrogen and oxygen atoms in total. The lowest BCUT2D eigenvalue weighted by Crippen LogP contribution is -2.54. The Morgan fingerprint density at radius 3 is 1.44 bits per heavy atom. The second-order valence-corrected chi connectivity index (χ2v) is 6.41. The van der Waals surface area contributed by atoms with E-state index in [0.29, 0.717) is 0 Å². The summed E-state index contributed by atoms with van der Waals surface area (Å²) in [6.45, 7) is 13.1. The van der Waals surface area contributed by atoms with E-state index in [1.54, 1.807) is 0 Å². The summed E-state index contributed by atoms with van der Waals surface area (Å²) in [5.74, 6) is 0. The highest BCUT2D eigenvalue weighted by Gasteiger charge is 2.21. The third kappa shape index (κ3) is 2.91. The minimum absolute atomic E-state index is 0.0901. The molecule has 0 atom stereocenters. The molecule has 0 radical (unpaired) electrons. The molecule has 0 saturated heterocycles. The Kier molecular flexibility index (Phi) is 3.22. The van der Waals surface area contributed by atoms with Crippen LogP contribution in [-0.2, 0) is 10.8 Å². The van der Waals surface area contributed by atoms with E-state index in [4.69, 9.17) is 5.53 Å². The molecule has 0 heterocycles.